The third-order valence-corrected chi connectivity index (χ3v) is 5.76. The molecule has 2 fully saturated rings. The molecule has 0 atom stereocenters. The minimum absolute atomic E-state index is 0.255. The highest BCUT2D eigenvalue weighted by Gasteiger charge is 2.39. The van der Waals surface area contributed by atoms with Gasteiger partial charge < -0.3 is 10.0 Å². The first-order chi connectivity index (χ1) is 12.0. The quantitative estimate of drug-likeness (QED) is 0.853. The Kier molecular flexibility index (Phi) is 4.41. The molecule has 1 aliphatic heterocycles. The van der Waals surface area contributed by atoms with Crippen LogP contribution in [0.15, 0.2) is 41.0 Å². The first-order valence-electron chi connectivity index (χ1n) is 8.84. The lowest BCUT2D eigenvalue weighted by molar-refractivity contribution is -0.136. The van der Waals surface area contributed by atoms with Gasteiger partial charge in [0.2, 0.25) is 5.91 Å². The number of hydrogen-bond donors (Lipinski definition) is 1. The zero-order valence-corrected chi connectivity index (χ0v) is 15.7. The minimum Gasteiger partial charge on any atom is -0.389 e. The van der Waals surface area contributed by atoms with E-state index in [9.17, 15) is 9.90 Å². The van der Waals surface area contributed by atoms with E-state index in [0.29, 0.717) is 32.4 Å². The topological polar surface area (TPSA) is 58.4 Å². The number of aliphatic hydroxyl groups is 1. The molecule has 0 unspecified atom stereocenters. The van der Waals surface area contributed by atoms with Gasteiger partial charge in [-0.05, 0) is 56.0 Å². The summed E-state index contributed by atoms with van der Waals surface area (Å²) in [4.78, 5) is 14.1. The van der Waals surface area contributed by atoms with Gasteiger partial charge in [0.15, 0.2) is 0 Å². The third-order valence-electron chi connectivity index (χ3n) is 5.23. The van der Waals surface area contributed by atoms with Gasteiger partial charge in [0.25, 0.3) is 0 Å². The number of hydrogen-bond acceptors (Lipinski definition) is 3. The number of carbonyl (C=O) groups is 1. The SMILES string of the molecule is O=C(C1CC1)N1CCC(O)(Cc2ccnn2-c2ccc(Br)cc2)CC1. The molecule has 2 aliphatic rings. The van der Waals surface area contributed by atoms with Gasteiger partial charge >= 0.3 is 0 Å². The van der Waals surface area contributed by atoms with Crippen LogP contribution in [0.25, 0.3) is 5.69 Å². The van der Waals surface area contributed by atoms with Crippen molar-refractivity contribution in [3.63, 3.8) is 0 Å². The maximum Gasteiger partial charge on any atom is 0.225 e. The van der Waals surface area contributed by atoms with Gasteiger partial charge in [0, 0.05) is 41.8 Å². The van der Waals surface area contributed by atoms with Crippen LogP contribution in [0.4, 0.5) is 0 Å². The van der Waals surface area contributed by atoms with Gasteiger partial charge in [-0.2, -0.15) is 5.10 Å². The Morgan fingerprint density at radius 2 is 1.88 bits per heavy atom. The van der Waals surface area contributed by atoms with Crippen LogP contribution in [0.2, 0.25) is 0 Å². The number of nitrogens with zero attached hydrogens (tertiary/aromatic N) is 3. The molecular weight excluding hydrogens is 382 g/mol. The number of aromatic nitrogens is 2. The number of rotatable bonds is 4. The second kappa shape index (κ2) is 6.57. The monoisotopic (exact) mass is 403 g/mol. The zero-order valence-electron chi connectivity index (χ0n) is 14.1. The molecule has 132 valence electrons. The smallest absolute Gasteiger partial charge is 0.225 e. The summed E-state index contributed by atoms with van der Waals surface area (Å²) in [6.45, 7) is 1.30. The second-order valence-electron chi connectivity index (χ2n) is 7.21. The van der Waals surface area contributed by atoms with Crippen molar-refractivity contribution >= 4 is 21.8 Å². The van der Waals surface area contributed by atoms with E-state index in [1.54, 1.807) is 6.20 Å². The Morgan fingerprint density at radius 1 is 1.20 bits per heavy atom. The second-order valence-corrected chi connectivity index (χ2v) is 8.13. The molecule has 0 radical (unpaired) electrons. The molecule has 1 saturated heterocycles. The minimum atomic E-state index is -0.770. The third kappa shape index (κ3) is 3.65. The predicted molar refractivity (Wildman–Crippen MR) is 98.5 cm³/mol. The van der Waals surface area contributed by atoms with Crippen LogP contribution < -0.4 is 0 Å². The Labute approximate surface area is 155 Å². The first-order valence-corrected chi connectivity index (χ1v) is 9.63. The Morgan fingerprint density at radius 3 is 2.52 bits per heavy atom. The molecule has 1 aromatic heterocycles. The molecule has 0 spiro atoms. The van der Waals surface area contributed by atoms with E-state index in [0.717, 1.165) is 28.7 Å². The van der Waals surface area contributed by atoms with Crippen molar-refractivity contribution in [1.29, 1.82) is 0 Å². The highest BCUT2D eigenvalue weighted by Crippen LogP contribution is 2.34. The van der Waals surface area contributed by atoms with Crippen LogP contribution in [-0.2, 0) is 11.2 Å². The molecule has 0 bridgehead atoms. The van der Waals surface area contributed by atoms with Gasteiger partial charge in [-0.3, -0.25) is 4.79 Å². The first kappa shape index (κ1) is 16.8. The molecule has 1 amide bonds. The highest BCUT2D eigenvalue weighted by molar-refractivity contribution is 9.10. The van der Waals surface area contributed by atoms with E-state index in [2.05, 4.69) is 21.0 Å². The molecule has 25 heavy (non-hydrogen) atoms. The molecule has 1 aromatic carbocycles. The van der Waals surface area contributed by atoms with Crippen LogP contribution in [0.1, 0.15) is 31.4 Å². The average molecular weight is 404 g/mol. The van der Waals surface area contributed by atoms with E-state index in [1.165, 1.54) is 0 Å². The summed E-state index contributed by atoms with van der Waals surface area (Å²) in [5, 5.41) is 15.4. The molecule has 1 saturated carbocycles. The van der Waals surface area contributed by atoms with E-state index in [-0.39, 0.29) is 11.8 Å². The molecule has 1 N–H and O–H groups in total. The standard InChI is InChI=1S/C19H22BrN3O2/c20-15-3-5-16(6-4-15)23-17(7-10-21-23)13-19(25)8-11-22(12-9-19)18(24)14-1-2-14/h3-7,10,14,25H,1-2,8-9,11-13H2. The summed E-state index contributed by atoms with van der Waals surface area (Å²) < 4.78 is 2.91. The fourth-order valence-corrected chi connectivity index (χ4v) is 3.79. The molecule has 2 heterocycles. The summed E-state index contributed by atoms with van der Waals surface area (Å²) in [6, 6.07) is 9.93. The van der Waals surface area contributed by atoms with Crippen LogP contribution in [-0.4, -0.2) is 44.4 Å². The molecule has 2 aromatic rings. The van der Waals surface area contributed by atoms with Crippen molar-refractivity contribution in [1.82, 2.24) is 14.7 Å². The van der Waals surface area contributed by atoms with Crippen molar-refractivity contribution in [2.75, 3.05) is 13.1 Å². The summed E-state index contributed by atoms with van der Waals surface area (Å²) >= 11 is 3.45. The average Bonchev–Trinajstić information content (AvgIpc) is 3.36. The Hall–Kier alpha value is -1.66. The Balaban J connectivity index is 1.45. The van der Waals surface area contributed by atoms with E-state index >= 15 is 0 Å². The van der Waals surface area contributed by atoms with Crippen LogP contribution in [0, 0.1) is 5.92 Å². The van der Waals surface area contributed by atoms with Crippen molar-refractivity contribution in [2.45, 2.75) is 37.7 Å². The molecule has 4 rings (SSSR count). The van der Waals surface area contributed by atoms with Gasteiger partial charge in [0.05, 0.1) is 11.3 Å². The molecule has 6 heteroatoms. The number of piperidine rings is 1. The lowest BCUT2D eigenvalue weighted by Gasteiger charge is -2.38. The molecule has 5 nitrogen and oxygen atoms in total. The van der Waals surface area contributed by atoms with E-state index in [1.807, 2.05) is 39.9 Å². The molecular formula is C19H22BrN3O2. The number of carbonyl (C=O) groups excluding carboxylic acids is 1. The Bertz CT molecular complexity index is 759. The van der Waals surface area contributed by atoms with Crippen LogP contribution in [0.5, 0.6) is 0 Å². The van der Waals surface area contributed by atoms with Crippen molar-refractivity contribution < 1.29 is 9.90 Å². The van der Waals surface area contributed by atoms with Gasteiger partial charge in [-0.25, -0.2) is 4.68 Å². The lowest BCUT2D eigenvalue weighted by Crippen LogP contribution is -2.48. The number of benzene rings is 1. The zero-order chi connectivity index (χ0) is 17.4. The summed E-state index contributed by atoms with van der Waals surface area (Å²) in [5.74, 6) is 0.534. The van der Waals surface area contributed by atoms with Crippen molar-refractivity contribution in [2.24, 2.45) is 5.92 Å². The lowest BCUT2D eigenvalue weighted by atomic mass is 9.86. The maximum atomic E-state index is 12.2. The number of likely N-dealkylation sites (tertiary alicyclic amines) is 1. The highest BCUT2D eigenvalue weighted by atomic mass is 79.9. The largest absolute Gasteiger partial charge is 0.389 e. The van der Waals surface area contributed by atoms with Gasteiger partial charge in [-0.15, -0.1) is 0 Å². The molecule has 1 aliphatic carbocycles. The normalized spacial score (nSPS) is 19.8. The van der Waals surface area contributed by atoms with Crippen LogP contribution in [0.3, 0.4) is 0 Å². The number of amides is 1. The van der Waals surface area contributed by atoms with Crippen molar-refractivity contribution in [3.8, 4) is 5.69 Å². The van der Waals surface area contributed by atoms with Gasteiger partial charge in [-0.1, -0.05) is 15.9 Å². The van der Waals surface area contributed by atoms with E-state index < -0.39 is 5.60 Å². The van der Waals surface area contributed by atoms with Gasteiger partial charge in [0.1, 0.15) is 0 Å². The van der Waals surface area contributed by atoms with E-state index in [4.69, 9.17) is 0 Å². The summed E-state index contributed by atoms with van der Waals surface area (Å²) in [7, 11) is 0. The van der Waals surface area contributed by atoms with Crippen molar-refractivity contribution in [3.05, 3.63) is 46.7 Å². The fraction of sp³-hybridized carbons (Fsp3) is 0.474. The fourth-order valence-electron chi connectivity index (χ4n) is 3.53. The summed E-state index contributed by atoms with van der Waals surface area (Å²) in [5.41, 5.74) is 1.20. The van der Waals surface area contributed by atoms with Crippen LogP contribution >= 0.6 is 15.9 Å². The number of halogens is 1. The maximum absolute atomic E-state index is 12.2. The predicted octanol–water partition coefficient (Wildman–Crippen LogP) is 2.94. The summed E-state index contributed by atoms with van der Waals surface area (Å²) in [6.07, 6.45) is 5.63.